The summed E-state index contributed by atoms with van der Waals surface area (Å²) in [5, 5.41) is 11.2. The van der Waals surface area contributed by atoms with E-state index >= 15 is 0 Å². The molecule has 0 aliphatic rings. The molecule has 17 heavy (non-hydrogen) atoms. The van der Waals surface area contributed by atoms with Crippen molar-refractivity contribution >= 4 is 16.6 Å². The molecule has 0 saturated heterocycles. The maximum Gasteiger partial charge on any atom is 0.316 e. The Morgan fingerprint density at radius 3 is 3.00 bits per heavy atom. The molecule has 1 aromatic heterocycles. The summed E-state index contributed by atoms with van der Waals surface area (Å²) in [6, 6.07) is 4.75. The lowest BCUT2D eigenvalue weighted by molar-refractivity contribution is -0.384. The van der Waals surface area contributed by atoms with Crippen LogP contribution in [-0.2, 0) is 0 Å². The molecule has 88 valence electrons. The predicted molar refractivity (Wildman–Crippen MR) is 62.0 cm³/mol. The smallest absolute Gasteiger partial charge is 0.316 e. The Labute approximate surface area is 97.4 Å². The molecule has 0 bridgehead atoms. The van der Waals surface area contributed by atoms with Gasteiger partial charge >= 0.3 is 6.01 Å². The van der Waals surface area contributed by atoms with Gasteiger partial charge in [-0.25, -0.2) is 4.98 Å². The number of ether oxygens (including phenoxy) is 1. The maximum absolute atomic E-state index is 10.6. The van der Waals surface area contributed by atoms with Gasteiger partial charge in [0.05, 0.1) is 17.0 Å². The van der Waals surface area contributed by atoms with Gasteiger partial charge in [0, 0.05) is 23.7 Å². The first-order valence-corrected chi connectivity index (χ1v) is 5.24. The largest absolute Gasteiger partial charge is 0.463 e. The summed E-state index contributed by atoms with van der Waals surface area (Å²) in [4.78, 5) is 18.3. The lowest BCUT2D eigenvalue weighted by Crippen LogP contribution is -1.99. The number of hydrogen-bond acceptors (Lipinski definition) is 5. The lowest BCUT2D eigenvalue weighted by atomic mass is 10.2. The summed E-state index contributed by atoms with van der Waals surface area (Å²) < 4.78 is 5.28. The highest BCUT2D eigenvalue weighted by Gasteiger charge is 2.07. The number of nitro groups is 1. The van der Waals surface area contributed by atoms with Crippen LogP contribution in [0.1, 0.15) is 13.3 Å². The number of nitro benzene ring substituents is 1. The molecule has 6 nitrogen and oxygen atoms in total. The van der Waals surface area contributed by atoms with Crippen molar-refractivity contribution < 1.29 is 9.66 Å². The van der Waals surface area contributed by atoms with Gasteiger partial charge in [0.1, 0.15) is 0 Å². The van der Waals surface area contributed by atoms with Crippen LogP contribution in [0.3, 0.4) is 0 Å². The monoisotopic (exact) mass is 233 g/mol. The number of nitrogens with zero attached hydrogens (tertiary/aromatic N) is 3. The maximum atomic E-state index is 10.6. The van der Waals surface area contributed by atoms with Crippen molar-refractivity contribution in [3.8, 4) is 6.01 Å². The molecule has 0 spiro atoms. The van der Waals surface area contributed by atoms with Crippen LogP contribution in [0.15, 0.2) is 24.4 Å². The van der Waals surface area contributed by atoms with E-state index in [0.29, 0.717) is 23.5 Å². The van der Waals surface area contributed by atoms with Gasteiger partial charge in [-0.1, -0.05) is 6.92 Å². The molecule has 1 aromatic carbocycles. The average molecular weight is 233 g/mol. The quantitative estimate of drug-likeness (QED) is 0.598. The summed E-state index contributed by atoms with van der Waals surface area (Å²) in [6.07, 6.45) is 2.40. The van der Waals surface area contributed by atoms with Crippen LogP contribution in [0.4, 0.5) is 5.69 Å². The van der Waals surface area contributed by atoms with Gasteiger partial charge in [-0.2, -0.15) is 4.98 Å². The first-order chi connectivity index (χ1) is 8.20. The van der Waals surface area contributed by atoms with Gasteiger partial charge in [0.25, 0.3) is 5.69 Å². The summed E-state index contributed by atoms with van der Waals surface area (Å²) in [6.45, 7) is 2.54. The van der Waals surface area contributed by atoms with E-state index in [1.807, 2.05) is 6.92 Å². The van der Waals surface area contributed by atoms with Crippen LogP contribution >= 0.6 is 0 Å². The van der Waals surface area contributed by atoms with E-state index in [4.69, 9.17) is 4.74 Å². The molecule has 0 aliphatic carbocycles. The Kier molecular flexibility index (Phi) is 3.13. The average Bonchev–Trinajstić information content (AvgIpc) is 2.35. The molecular weight excluding hydrogens is 222 g/mol. The molecule has 2 rings (SSSR count). The molecular formula is C11H11N3O3. The third-order valence-corrected chi connectivity index (χ3v) is 2.19. The Bertz CT molecular complexity index is 557. The zero-order chi connectivity index (χ0) is 12.3. The van der Waals surface area contributed by atoms with Crippen LogP contribution in [0, 0.1) is 10.1 Å². The molecule has 0 fully saturated rings. The molecule has 2 aromatic rings. The second kappa shape index (κ2) is 4.73. The molecule has 6 heteroatoms. The Morgan fingerprint density at radius 2 is 2.29 bits per heavy atom. The fourth-order valence-corrected chi connectivity index (χ4v) is 1.38. The fourth-order valence-electron chi connectivity index (χ4n) is 1.38. The SMILES string of the molecule is CCCOc1ncc2cc([N+](=O)[O-])ccc2n1. The van der Waals surface area contributed by atoms with Gasteiger partial charge in [-0.3, -0.25) is 10.1 Å². The van der Waals surface area contributed by atoms with Crippen LogP contribution in [-0.4, -0.2) is 21.5 Å². The second-order valence-corrected chi connectivity index (χ2v) is 3.50. The minimum absolute atomic E-state index is 0.0309. The third-order valence-electron chi connectivity index (χ3n) is 2.19. The normalized spacial score (nSPS) is 10.4. The van der Waals surface area contributed by atoms with Crippen molar-refractivity contribution in [2.24, 2.45) is 0 Å². The van der Waals surface area contributed by atoms with Crippen molar-refractivity contribution in [3.05, 3.63) is 34.5 Å². The number of benzene rings is 1. The molecule has 0 radical (unpaired) electrons. The molecule has 1 heterocycles. The number of non-ortho nitro benzene ring substituents is 1. The van der Waals surface area contributed by atoms with Gasteiger partial charge in [0.2, 0.25) is 0 Å². The number of fused-ring (bicyclic) bond motifs is 1. The van der Waals surface area contributed by atoms with Gasteiger partial charge in [-0.05, 0) is 12.5 Å². The summed E-state index contributed by atoms with van der Waals surface area (Å²) in [7, 11) is 0. The molecule has 0 saturated carbocycles. The summed E-state index contributed by atoms with van der Waals surface area (Å²) in [5.41, 5.74) is 0.667. The highest BCUT2D eigenvalue weighted by Crippen LogP contribution is 2.20. The van der Waals surface area contributed by atoms with E-state index in [9.17, 15) is 10.1 Å². The first-order valence-electron chi connectivity index (χ1n) is 5.24. The van der Waals surface area contributed by atoms with Gasteiger partial charge in [0.15, 0.2) is 0 Å². The van der Waals surface area contributed by atoms with E-state index in [0.717, 1.165) is 6.42 Å². The Morgan fingerprint density at radius 1 is 1.47 bits per heavy atom. The van der Waals surface area contributed by atoms with E-state index in [1.54, 1.807) is 6.07 Å². The highest BCUT2D eigenvalue weighted by atomic mass is 16.6. The Balaban J connectivity index is 2.36. The predicted octanol–water partition coefficient (Wildman–Crippen LogP) is 2.33. The topological polar surface area (TPSA) is 78.2 Å². The van der Waals surface area contributed by atoms with E-state index < -0.39 is 4.92 Å². The number of rotatable bonds is 4. The van der Waals surface area contributed by atoms with Gasteiger partial charge < -0.3 is 4.74 Å². The van der Waals surface area contributed by atoms with Gasteiger partial charge in [-0.15, -0.1) is 0 Å². The zero-order valence-electron chi connectivity index (χ0n) is 9.29. The van der Waals surface area contributed by atoms with Crippen molar-refractivity contribution in [2.45, 2.75) is 13.3 Å². The third kappa shape index (κ3) is 2.47. The molecule has 0 aliphatic heterocycles. The van der Waals surface area contributed by atoms with Crippen molar-refractivity contribution in [2.75, 3.05) is 6.61 Å². The van der Waals surface area contributed by atoms with E-state index in [2.05, 4.69) is 9.97 Å². The van der Waals surface area contributed by atoms with Crippen molar-refractivity contribution in [3.63, 3.8) is 0 Å². The van der Waals surface area contributed by atoms with E-state index in [-0.39, 0.29) is 5.69 Å². The minimum atomic E-state index is -0.444. The second-order valence-electron chi connectivity index (χ2n) is 3.50. The van der Waals surface area contributed by atoms with Crippen LogP contribution in [0.2, 0.25) is 0 Å². The fraction of sp³-hybridized carbons (Fsp3) is 0.273. The molecule has 0 amide bonds. The zero-order valence-corrected chi connectivity index (χ0v) is 9.29. The van der Waals surface area contributed by atoms with Crippen LogP contribution in [0.5, 0.6) is 6.01 Å². The first kappa shape index (κ1) is 11.3. The molecule has 0 unspecified atom stereocenters. The van der Waals surface area contributed by atoms with Crippen LogP contribution < -0.4 is 4.74 Å². The van der Waals surface area contributed by atoms with E-state index in [1.165, 1.54) is 18.3 Å². The number of aromatic nitrogens is 2. The molecule has 0 atom stereocenters. The summed E-state index contributed by atoms with van der Waals surface area (Å²) >= 11 is 0. The number of hydrogen-bond donors (Lipinski definition) is 0. The molecule has 0 N–H and O–H groups in total. The van der Waals surface area contributed by atoms with Crippen molar-refractivity contribution in [1.29, 1.82) is 0 Å². The minimum Gasteiger partial charge on any atom is -0.463 e. The highest BCUT2D eigenvalue weighted by molar-refractivity contribution is 5.80. The standard InChI is InChI=1S/C11H11N3O3/c1-2-5-17-11-12-7-8-6-9(14(15)16)3-4-10(8)13-11/h3-4,6-7H,2,5H2,1H3. The summed E-state index contributed by atoms with van der Waals surface area (Å²) in [5.74, 6) is 0. The van der Waals surface area contributed by atoms with Crippen LogP contribution in [0.25, 0.3) is 10.9 Å². The van der Waals surface area contributed by atoms with Crippen molar-refractivity contribution in [1.82, 2.24) is 9.97 Å². The Hall–Kier alpha value is -2.24. The lowest BCUT2D eigenvalue weighted by Gasteiger charge is -2.03.